The van der Waals surface area contributed by atoms with Gasteiger partial charge in [-0.1, -0.05) is 12.1 Å². The first-order valence-corrected chi connectivity index (χ1v) is 9.13. The number of piperidine rings is 1. The van der Waals surface area contributed by atoms with Crippen LogP contribution in [0.1, 0.15) is 18.4 Å². The van der Waals surface area contributed by atoms with E-state index in [1.165, 1.54) is 17.0 Å². The SMILES string of the molecule is CN(C)C(=O)CN1C(=O)NC(Cc2ccc(F)cc2)(C2CCNCC2)C1=O.Cl. The van der Waals surface area contributed by atoms with Crippen molar-refractivity contribution in [2.75, 3.05) is 33.7 Å². The Morgan fingerprint density at radius 1 is 1.21 bits per heavy atom. The van der Waals surface area contributed by atoms with Gasteiger partial charge < -0.3 is 15.5 Å². The number of urea groups is 1. The Kier molecular flexibility index (Phi) is 7.01. The highest BCUT2D eigenvalue weighted by molar-refractivity contribution is 6.09. The molecule has 1 atom stereocenters. The summed E-state index contributed by atoms with van der Waals surface area (Å²) in [6.45, 7) is 1.24. The van der Waals surface area contributed by atoms with Gasteiger partial charge in [-0.05, 0) is 49.5 Å². The van der Waals surface area contributed by atoms with Crippen LogP contribution in [-0.4, -0.2) is 66.9 Å². The number of rotatable bonds is 5. The van der Waals surface area contributed by atoms with Crippen LogP contribution in [-0.2, 0) is 16.0 Å². The van der Waals surface area contributed by atoms with Crippen molar-refractivity contribution in [3.05, 3.63) is 35.6 Å². The molecule has 0 radical (unpaired) electrons. The molecule has 1 aromatic carbocycles. The lowest BCUT2D eigenvalue weighted by atomic mass is 9.74. The number of hydrogen-bond acceptors (Lipinski definition) is 4. The fourth-order valence-corrected chi connectivity index (χ4v) is 3.84. The molecule has 0 saturated carbocycles. The van der Waals surface area contributed by atoms with E-state index in [2.05, 4.69) is 10.6 Å². The second kappa shape index (κ2) is 8.87. The normalized spacial score (nSPS) is 22.6. The second-order valence-corrected chi connectivity index (χ2v) is 7.41. The summed E-state index contributed by atoms with van der Waals surface area (Å²) in [6.07, 6.45) is 1.75. The van der Waals surface area contributed by atoms with Crippen LogP contribution >= 0.6 is 12.4 Å². The Morgan fingerprint density at radius 3 is 2.39 bits per heavy atom. The summed E-state index contributed by atoms with van der Waals surface area (Å²) in [4.78, 5) is 40.4. The predicted molar refractivity (Wildman–Crippen MR) is 105 cm³/mol. The van der Waals surface area contributed by atoms with Crippen LogP contribution < -0.4 is 10.6 Å². The van der Waals surface area contributed by atoms with E-state index in [-0.39, 0.29) is 48.9 Å². The molecule has 28 heavy (non-hydrogen) atoms. The topological polar surface area (TPSA) is 81.8 Å². The number of amides is 4. The van der Waals surface area contributed by atoms with E-state index in [0.29, 0.717) is 0 Å². The highest BCUT2D eigenvalue weighted by Gasteiger charge is 2.55. The van der Waals surface area contributed by atoms with Crippen LogP contribution in [0, 0.1) is 11.7 Å². The smallest absolute Gasteiger partial charge is 0.325 e. The summed E-state index contributed by atoms with van der Waals surface area (Å²) in [5.41, 5.74) is -0.340. The number of benzene rings is 1. The number of imide groups is 1. The standard InChI is InChI=1S/C19H25FN4O3.ClH/c1-23(2)16(25)12-24-17(26)19(22-18(24)27,14-7-9-21-10-8-14)11-13-3-5-15(20)6-4-13;/h3-6,14,21H,7-12H2,1-2H3,(H,22,27);1H. The minimum atomic E-state index is -1.11. The van der Waals surface area contributed by atoms with E-state index >= 15 is 0 Å². The molecule has 2 N–H and O–H groups in total. The average Bonchev–Trinajstić information content (AvgIpc) is 2.89. The van der Waals surface area contributed by atoms with Gasteiger partial charge in [0.1, 0.15) is 17.9 Å². The first kappa shape index (κ1) is 22.1. The molecule has 2 fully saturated rings. The molecule has 0 aromatic heterocycles. The number of hydrogen-bond donors (Lipinski definition) is 2. The van der Waals surface area contributed by atoms with Crippen molar-refractivity contribution in [3.63, 3.8) is 0 Å². The van der Waals surface area contributed by atoms with Crippen LogP contribution in [0.4, 0.5) is 9.18 Å². The maximum absolute atomic E-state index is 13.3. The van der Waals surface area contributed by atoms with Gasteiger partial charge in [0.2, 0.25) is 5.91 Å². The fraction of sp³-hybridized carbons (Fsp3) is 0.526. The third kappa shape index (κ3) is 4.28. The molecule has 4 amide bonds. The van der Waals surface area contributed by atoms with E-state index in [9.17, 15) is 18.8 Å². The molecule has 7 nitrogen and oxygen atoms in total. The molecule has 0 bridgehead atoms. The molecular weight excluding hydrogens is 387 g/mol. The summed E-state index contributed by atoms with van der Waals surface area (Å²) in [6, 6.07) is 5.41. The molecule has 2 saturated heterocycles. The van der Waals surface area contributed by atoms with Crippen molar-refractivity contribution >= 4 is 30.3 Å². The van der Waals surface area contributed by atoms with Gasteiger partial charge in [0.05, 0.1) is 0 Å². The summed E-state index contributed by atoms with van der Waals surface area (Å²) in [5, 5.41) is 6.15. The lowest BCUT2D eigenvalue weighted by molar-refractivity contribution is -0.139. The molecule has 1 aromatic rings. The van der Waals surface area contributed by atoms with Crippen molar-refractivity contribution < 1.29 is 18.8 Å². The van der Waals surface area contributed by atoms with Gasteiger partial charge in [-0.25, -0.2) is 9.18 Å². The zero-order chi connectivity index (χ0) is 19.6. The number of nitrogens with zero attached hydrogens (tertiary/aromatic N) is 2. The van der Waals surface area contributed by atoms with E-state index in [1.54, 1.807) is 26.2 Å². The molecular formula is C19H26ClFN4O3. The van der Waals surface area contributed by atoms with Gasteiger partial charge in [-0.3, -0.25) is 14.5 Å². The number of likely N-dealkylation sites (N-methyl/N-ethyl adjacent to an activating group) is 1. The molecule has 154 valence electrons. The molecule has 0 spiro atoms. The van der Waals surface area contributed by atoms with Crippen molar-refractivity contribution in [3.8, 4) is 0 Å². The maximum atomic E-state index is 13.3. The zero-order valence-corrected chi connectivity index (χ0v) is 16.9. The third-order valence-electron chi connectivity index (χ3n) is 5.43. The second-order valence-electron chi connectivity index (χ2n) is 7.41. The molecule has 1 unspecified atom stereocenters. The highest BCUT2D eigenvalue weighted by Crippen LogP contribution is 2.35. The molecule has 9 heteroatoms. The van der Waals surface area contributed by atoms with Crippen molar-refractivity contribution in [2.45, 2.75) is 24.8 Å². The lowest BCUT2D eigenvalue weighted by Gasteiger charge is -2.38. The summed E-state index contributed by atoms with van der Waals surface area (Å²) < 4.78 is 13.3. The Labute approximate surface area is 170 Å². The van der Waals surface area contributed by atoms with Crippen LogP contribution in [0.25, 0.3) is 0 Å². The lowest BCUT2D eigenvalue weighted by Crippen LogP contribution is -2.57. The molecule has 3 rings (SSSR count). The number of carbonyl (C=O) groups excluding carboxylic acids is 3. The monoisotopic (exact) mass is 412 g/mol. The highest BCUT2D eigenvalue weighted by atomic mass is 35.5. The Hall–Kier alpha value is -2.19. The minimum absolute atomic E-state index is 0. The quantitative estimate of drug-likeness (QED) is 0.711. The average molecular weight is 413 g/mol. The molecule has 2 heterocycles. The van der Waals surface area contributed by atoms with E-state index in [0.717, 1.165) is 36.4 Å². The summed E-state index contributed by atoms with van der Waals surface area (Å²) in [7, 11) is 3.17. The molecule has 2 aliphatic heterocycles. The van der Waals surface area contributed by atoms with E-state index in [4.69, 9.17) is 0 Å². The summed E-state index contributed by atoms with van der Waals surface area (Å²) >= 11 is 0. The molecule has 0 aliphatic carbocycles. The van der Waals surface area contributed by atoms with Crippen molar-refractivity contribution in [1.82, 2.24) is 20.4 Å². The van der Waals surface area contributed by atoms with Gasteiger partial charge in [0, 0.05) is 20.5 Å². The first-order chi connectivity index (χ1) is 12.8. The van der Waals surface area contributed by atoms with Crippen LogP contribution in [0.3, 0.4) is 0 Å². The predicted octanol–water partition coefficient (Wildman–Crippen LogP) is 1.17. The van der Waals surface area contributed by atoms with Gasteiger partial charge >= 0.3 is 6.03 Å². The molecule has 2 aliphatic rings. The number of nitrogens with one attached hydrogen (secondary N) is 2. The Bertz CT molecular complexity index is 737. The van der Waals surface area contributed by atoms with Crippen molar-refractivity contribution in [1.29, 1.82) is 0 Å². The first-order valence-electron chi connectivity index (χ1n) is 9.13. The Balaban J connectivity index is 0.00000280. The number of halogens is 2. The minimum Gasteiger partial charge on any atom is -0.347 e. The van der Waals surface area contributed by atoms with Crippen molar-refractivity contribution in [2.24, 2.45) is 5.92 Å². The largest absolute Gasteiger partial charge is 0.347 e. The van der Waals surface area contributed by atoms with Crippen LogP contribution in [0.5, 0.6) is 0 Å². The third-order valence-corrected chi connectivity index (χ3v) is 5.43. The Morgan fingerprint density at radius 2 is 1.82 bits per heavy atom. The fourth-order valence-electron chi connectivity index (χ4n) is 3.84. The van der Waals surface area contributed by atoms with Crippen LogP contribution in [0.15, 0.2) is 24.3 Å². The van der Waals surface area contributed by atoms with Crippen LogP contribution in [0.2, 0.25) is 0 Å². The van der Waals surface area contributed by atoms with Gasteiger partial charge in [0.15, 0.2) is 0 Å². The number of carbonyl (C=O) groups is 3. The maximum Gasteiger partial charge on any atom is 0.325 e. The van der Waals surface area contributed by atoms with E-state index < -0.39 is 11.6 Å². The summed E-state index contributed by atoms with van der Waals surface area (Å²) in [5.74, 6) is -1.10. The van der Waals surface area contributed by atoms with Gasteiger partial charge in [0.25, 0.3) is 5.91 Å². The van der Waals surface area contributed by atoms with Gasteiger partial charge in [-0.2, -0.15) is 0 Å². The zero-order valence-electron chi connectivity index (χ0n) is 16.0. The van der Waals surface area contributed by atoms with Gasteiger partial charge in [-0.15, -0.1) is 12.4 Å². The van der Waals surface area contributed by atoms with E-state index in [1.807, 2.05) is 0 Å².